The minimum Gasteiger partial charge on any atom is -0.439 e. The number of fused-ring (bicyclic) bond motifs is 1. The zero-order chi connectivity index (χ0) is 10.8. The van der Waals surface area contributed by atoms with Crippen LogP contribution in [-0.2, 0) is 11.4 Å². The molecule has 2 rings (SSSR count). The van der Waals surface area contributed by atoms with Crippen molar-refractivity contribution in [2.24, 2.45) is 0 Å². The van der Waals surface area contributed by atoms with Crippen molar-refractivity contribution in [2.45, 2.75) is 6.54 Å². The Morgan fingerprint density at radius 1 is 1.53 bits per heavy atom. The van der Waals surface area contributed by atoms with E-state index in [1.165, 1.54) is 0 Å². The standard InChI is InChI=1S/C10H13N3O2/c1-13(14-2)6-9-12-10-7(11)4-3-5-8(10)15-9/h3-5H,6,11H2,1-2H3. The zero-order valence-corrected chi connectivity index (χ0v) is 8.73. The van der Waals surface area contributed by atoms with Crippen LogP contribution in [0.15, 0.2) is 22.6 Å². The summed E-state index contributed by atoms with van der Waals surface area (Å²) in [5.74, 6) is 0.590. The SMILES string of the molecule is CON(C)Cc1nc2c(N)cccc2o1. The predicted molar refractivity (Wildman–Crippen MR) is 56.9 cm³/mol. The van der Waals surface area contributed by atoms with Gasteiger partial charge in [0.1, 0.15) is 12.1 Å². The fraction of sp³-hybridized carbons (Fsp3) is 0.300. The van der Waals surface area contributed by atoms with Crippen LogP contribution >= 0.6 is 0 Å². The summed E-state index contributed by atoms with van der Waals surface area (Å²) in [5, 5.41) is 1.63. The van der Waals surface area contributed by atoms with Crippen LogP contribution in [0, 0.1) is 0 Å². The van der Waals surface area contributed by atoms with Crippen molar-refractivity contribution < 1.29 is 9.25 Å². The molecule has 80 valence electrons. The van der Waals surface area contributed by atoms with E-state index in [1.54, 1.807) is 25.3 Å². The summed E-state index contributed by atoms with van der Waals surface area (Å²) in [7, 11) is 3.40. The van der Waals surface area contributed by atoms with E-state index in [4.69, 9.17) is 15.0 Å². The summed E-state index contributed by atoms with van der Waals surface area (Å²) < 4.78 is 5.51. The molecule has 1 aromatic heterocycles. The highest BCUT2D eigenvalue weighted by Crippen LogP contribution is 2.21. The van der Waals surface area contributed by atoms with E-state index in [9.17, 15) is 0 Å². The van der Waals surface area contributed by atoms with Crippen molar-refractivity contribution in [3.8, 4) is 0 Å². The van der Waals surface area contributed by atoms with Crippen LogP contribution in [-0.4, -0.2) is 24.2 Å². The number of hydroxylamine groups is 2. The molecule has 0 bridgehead atoms. The molecule has 0 aliphatic carbocycles. The molecule has 0 aliphatic rings. The van der Waals surface area contributed by atoms with Gasteiger partial charge in [-0.2, -0.15) is 5.06 Å². The fourth-order valence-electron chi connectivity index (χ4n) is 1.34. The number of rotatable bonds is 3. The summed E-state index contributed by atoms with van der Waals surface area (Å²) in [6, 6.07) is 5.48. The predicted octanol–water partition coefficient (Wildman–Crippen LogP) is 1.40. The minimum atomic E-state index is 0.491. The Labute approximate surface area is 87.4 Å². The molecular formula is C10H13N3O2. The van der Waals surface area contributed by atoms with Crippen LogP contribution in [0.25, 0.3) is 11.1 Å². The van der Waals surface area contributed by atoms with Crippen LogP contribution in [0.2, 0.25) is 0 Å². The van der Waals surface area contributed by atoms with Gasteiger partial charge in [-0.05, 0) is 12.1 Å². The van der Waals surface area contributed by atoms with Crippen LogP contribution in [0.1, 0.15) is 5.89 Å². The molecule has 0 radical (unpaired) electrons. The fourth-order valence-corrected chi connectivity index (χ4v) is 1.34. The van der Waals surface area contributed by atoms with Gasteiger partial charge >= 0.3 is 0 Å². The number of anilines is 1. The van der Waals surface area contributed by atoms with Crippen molar-refractivity contribution in [2.75, 3.05) is 19.9 Å². The van der Waals surface area contributed by atoms with Crippen LogP contribution < -0.4 is 5.73 Å². The molecule has 2 N–H and O–H groups in total. The average molecular weight is 207 g/mol. The van der Waals surface area contributed by atoms with E-state index in [-0.39, 0.29) is 0 Å². The van der Waals surface area contributed by atoms with Gasteiger partial charge < -0.3 is 15.0 Å². The third-order valence-electron chi connectivity index (χ3n) is 2.16. The Balaban J connectivity index is 2.35. The first-order chi connectivity index (χ1) is 7.20. The molecule has 0 fully saturated rings. The largest absolute Gasteiger partial charge is 0.439 e. The summed E-state index contributed by atoms with van der Waals surface area (Å²) in [6.45, 7) is 0.491. The summed E-state index contributed by atoms with van der Waals surface area (Å²) in [5.41, 5.74) is 7.80. The minimum absolute atomic E-state index is 0.491. The molecule has 0 unspecified atom stereocenters. The number of para-hydroxylation sites is 1. The number of nitrogens with zero attached hydrogens (tertiary/aromatic N) is 2. The molecule has 15 heavy (non-hydrogen) atoms. The Kier molecular flexibility index (Phi) is 2.57. The van der Waals surface area contributed by atoms with E-state index in [0.717, 1.165) is 0 Å². The lowest BCUT2D eigenvalue weighted by Crippen LogP contribution is -2.15. The smallest absolute Gasteiger partial charge is 0.212 e. The summed E-state index contributed by atoms with van der Waals surface area (Å²) in [4.78, 5) is 9.27. The Morgan fingerprint density at radius 2 is 2.33 bits per heavy atom. The van der Waals surface area contributed by atoms with Gasteiger partial charge in [-0.3, -0.25) is 0 Å². The van der Waals surface area contributed by atoms with Gasteiger partial charge in [-0.25, -0.2) is 4.98 Å². The number of hydrogen-bond donors (Lipinski definition) is 1. The molecule has 0 amide bonds. The molecule has 5 nitrogen and oxygen atoms in total. The van der Waals surface area contributed by atoms with Gasteiger partial charge in [0.15, 0.2) is 5.58 Å². The summed E-state index contributed by atoms with van der Waals surface area (Å²) >= 11 is 0. The van der Waals surface area contributed by atoms with Crippen molar-refractivity contribution in [3.63, 3.8) is 0 Å². The highest BCUT2D eigenvalue weighted by Gasteiger charge is 2.09. The van der Waals surface area contributed by atoms with Crippen LogP contribution in [0.3, 0.4) is 0 Å². The number of oxazole rings is 1. The molecule has 0 saturated heterocycles. The van der Waals surface area contributed by atoms with Gasteiger partial charge in [-0.1, -0.05) is 6.07 Å². The normalized spacial score (nSPS) is 11.4. The average Bonchev–Trinajstić information content (AvgIpc) is 2.62. The van der Waals surface area contributed by atoms with Crippen molar-refractivity contribution in [3.05, 3.63) is 24.1 Å². The Bertz CT molecular complexity index is 467. The monoisotopic (exact) mass is 207 g/mol. The second-order valence-corrected chi connectivity index (χ2v) is 3.27. The second kappa shape index (κ2) is 3.88. The third kappa shape index (κ3) is 1.93. The molecule has 2 aromatic rings. The molecular weight excluding hydrogens is 194 g/mol. The maximum atomic E-state index is 5.77. The Morgan fingerprint density at radius 3 is 3.00 bits per heavy atom. The molecule has 1 heterocycles. The summed E-state index contributed by atoms with van der Waals surface area (Å²) in [6.07, 6.45) is 0. The molecule has 0 saturated carbocycles. The van der Waals surface area contributed by atoms with Crippen molar-refractivity contribution in [1.29, 1.82) is 0 Å². The third-order valence-corrected chi connectivity index (χ3v) is 2.16. The van der Waals surface area contributed by atoms with Crippen molar-refractivity contribution in [1.82, 2.24) is 10.0 Å². The topological polar surface area (TPSA) is 64.5 Å². The first-order valence-electron chi connectivity index (χ1n) is 4.60. The van der Waals surface area contributed by atoms with Crippen LogP contribution in [0.4, 0.5) is 5.69 Å². The molecule has 0 aliphatic heterocycles. The van der Waals surface area contributed by atoms with E-state index in [2.05, 4.69) is 4.98 Å². The first-order valence-corrected chi connectivity index (χ1v) is 4.60. The number of benzene rings is 1. The maximum Gasteiger partial charge on any atom is 0.212 e. The van der Waals surface area contributed by atoms with E-state index in [1.807, 2.05) is 12.1 Å². The molecule has 0 spiro atoms. The van der Waals surface area contributed by atoms with E-state index >= 15 is 0 Å². The Hall–Kier alpha value is -1.59. The van der Waals surface area contributed by atoms with Gasteiger partial charge in [0, 0.05) is 7.05 Å². The van der Waals surface area contributed by atoms with E-state index < -0.39 is 0 Å². The quantitative estimate of drug-likeness (QED) is 0.608. The molecule has 5 heteroatoms. The second-order valence-electron chi connectivity index (χ2n) is 3.27. The van der Waals surface area contributed by atoms with E-state index in [0.29, 0.717) is 29.2 Å². The number of nitrogens with two attached hydrogens (primary N) is 1. The molecule has 1 aromatic carbocycles. The van der Waals surface area contributed by atoms with Gasteiger partial charge in [0.2, 0.25) is 5.89 Å². The number of hydrogen-bond acceptors (Lipinski definition) is 5. The highest BCUT2D eigenvalue weighted by molar-refractivity contribution is 5.85. The van der Waals surface area contributed by atoms with Crippen LogP contribution in [0.5, 0.6) is 0 Å². The number of nitrogen functional groups attached to an aromatic ring is 1. The first kappa shape index (κ1) is 9.95. The number of aromatic nitrogens is 1. The highest BCUT2D eigenvalue weighted by atomic mass is 16.7. The zero-order valence-electron chi connectivity index (χ0n) is 8.73. The lowest BCUT2D eigenvalue weighted by Gasteiger charge is -2.09. The van der Waals surface area contributed by atoms with Gasteiger partial charge in [-0.15, -0.1) is 0 Å². The van der Waals surface area contributed by atoms with Gasteiger partial charge in [0.25, 0.3) is 0 Å². The lowest BCUT2D eigenvalue weighted by molar-refractivity contribution is -0.120. The lowest BCUT2D eigenvalue weighted by atomic mass is 10.3. The van der Waals surface area contributed by atoms with Crippen molar-refractivity contribution >= 4 is 16.8 Å². The maximum absolute atomic E-state index is 5.77. The molecule has 0 atom stereocenters. The van der Waals surface area contributed by atoms with Gasteiger partial charge in [0.05, 0.1) is 12.8 Å².